The van der Waals surface area contributed by atoms with Gasteiger partial charge in [-0.2, -0.15) is 0 Å². The van der Waals surface area contributed by atoms with Gasteiger partial charge in [-0.05, 0) is 25.5 Å². The van der Waals surface area contributed by atoms with Crippen LogP contribution < -0.4 is 16.2 Å². The lowest BCUT2D eigenvalue weighted by atomic mass is 10.1. The van der Waals surface area contributed by atoms with Crippen molar-refractivity contribution in [3.05, 3.63) is 46.7 Å². The fourth-order valence-corrected chi connectivity index (χ4v) is 2.44. The smallest absolute Gasteiger partial charge is 0.148 e. The topological polar surface area (TPSA) is 67.1 Å². The Bertz CT molecular complexity index is 602. The molecule has 0 saturated carbocycles. The Kier molecular flexibility index (Phi) is 4.42. The van der Waals surface area contributed by atoms with Crippen LogP contribution in [0, 0.1) is 6.92 Å². The zero-order chi connectivity index (χ0) is 14.7. The van der Waals surface area contributed by atoms with Gasteiger partial charge in [-0.25, -0.2) is 15.8 Å². The molecule has 0 radical (unpaired) electrons. The van der Waals surface area contributed by atoms with Crippen molar-refractivity contribution in [2.24, 2.45) is 5.84 Å². The van der Waals surface area contributed by atoms with Crippen molar-refractivity contribution in [3.63, 3.8) is 0 Å². The molecule has 0 aliphatic carbocycles. The van der Waals surface area contributed by atoms with Crippen molar-refractivity contribution in [1.82, 2.24) is 9.97 Å². The molecule has 6 heteroatoms. The number of hydrazine groups is 1. The molecule has 5 nitrogen and oxygen atoms in total. The quantitative estimate of drug-likeness (QED) is 0.670. The van der Waals surface area contributed by atoms with E-state index in [0.29, 0.717) is 5.82 Å². The van der Waals surface area contributed by atoms with Gasteiger partial charge in [0.2, 0.25) is 0 Å². The summed E-state index contributed by atoms with van der Waals surface area (Å²) in [5.74, 6) is 6.89. The fraction of sp³-hybridized carbons (Fsp3) is 0.286. The molecule has 0 bridgehead atoms. The molecular formula is C14H18ClN5. The summed E-state index contributed by atoms with van der Waals surface area (Å²) in [5, 5.41) is 0.746. The maximum absolute atomic E-state index is 6.26. The molecule has 0 amide bonds. The molecule has 0 aliphatic rings. The maximum Gasteiger partial charge on any atom is 0.148 e. The molecule has 1 atom stereocenters. The number of rotatable bonds is 4. The monoisotopic (exact) mass is 291 g/mol. The minimum atomic E-state index is 0.0860. The first-order valence-electron chi connectivity index (χ1n) is 6.31. The van der Waals surface area contributed by atoms with Crippen molar-refractivity contribution < 1.29 is 0 Å². The van der Waals surface area contributed by atoms with E-state index in [0.717, 1.165) is 22.0 Å². The van der Waals surface area contributed by atoms with Gasteiger partial charge in [-0.3, -0.25) is 0 Å². The summed E-state index contributed by atoms with van der Waals surface area (Å²) in [7, 11) is 1.98. The minimum Gasteiger partial charge on any atom is -0.352 e. The highest BCUT2D eigenvalue weighted by molar-refractivity contribution is 6.31. The molecule has 0 fully saturated rings. The Hall–Kier alpha value is -1.85. The van der Waals surface area contributed by atoms with E-state index in [-0.39, 0.29) is 6.04 Å². The lowest BCUT2D eigenvalue weighted by molar-refractivity contribution is 0.724. The molecule has 2 aromatic rings. The van der Waals surface area contributed by atoms with Crippen LogP contribution in [0.3, 0.4) is 0 Å². The Labute approximate surface area is 123 Å². The molecular weight excluding hydrogens is 274 g/mol. The average molecular weight is 292 g/mol. The summed E-state index contributed by atoms with van der Waals surface area (Å²) in [6.07, 6.45) is 1.49. The summed E-state index contributed by atoms with van der Waals surface area (Å²) < 4.78 is 0. The van der Waals surface area contributed by atoms with Crippen LogP contribution in [0.5, 0.6) is 0 Å². The molecule has 1 aromatic heterocycles. The molecule has 0 aliphatic heterocycles. The number of nitrogens with zero attached hydrogens (tertiary/aromatic N) is 3. The van der Waals surface area contributed by atoms with Gasteiger partial charge in [0.15, 0.2) is 0 Å². The third kappa shape index (κ3) is 2.69. The lowest BCUT2D eigenvalue weighted by Crippen LogP contribution is -2.24. The van der Waals surface area contributed by atoms with Crippen LogP contribution in [0.1, 0.15) is 24.1 Å². The van der Waals surface area contributed by atoms with E-state index in [1.807, 2.05) is 38.2 Å². The van der Waals surface area contributed by atoms with Crippen molar-refractivity contribution >= 4 is 23.2 Å². The first-order valence-corrected chi connectivity index (χ1v) is 6.69. The molecule has 1 heterocycles. The van der Waals surface area contributed by atoms with Crippen LogP contribution in [0.4, 0.5) is 11.6 Å². The van der Waals surface area contributed by atoms with E-state index in [1.165, 1.54) is 6.33 Å². The van der Waals surface area contributed by atoms with Gasteiger partial charge in [0, 0.05) is 17.6 Å². The van der Waals surface area contributed by atoms with Crippen LogP contribution >= 0.6 is 11.6 Å². The third-order valence-electron chi connectivity index (χ3n) is 3.46. The normalized spacial score (nSPS) is 12.1. The van der Waals surface area contributed by atoms with Crippen LogP contribution in [0.25, 0.3) is 0 Å². The number of benzene rings is 1. The number of nitrogen functional groups attached to an aromatic ring is 1. The SMILES string of the molecule is Cc1c(NN)ncnc1N(C)C(C)c1ccccc1Cl. The van der Waals surface area contributed by atoms with Gasteiger partial charge in [0.05, 0.1) is 6.04 Å². The third-order valence-corrected chi connectivity index (χ3v) is 3.81. The minimum absolute atomic E-state index is 0.0860. The highest BCUT2D eigenvalue weighted by Crippen LogP contribution is 2.31. The Balaban J connectivity index is 2.36. The predicted octanol–water partition coefficient (Wildman–Crippen LogP) is 2.92. The van der Waals surface area contributed by atoms with Gasteiger partial charge in [0.1, 0.15) is 18.0 Å². The second kappa shape index (κ2) is 6.07. The fourth-order valence-electron chi connectivity index (χ4n) is 2.15. The van der Waals surface area contributed by atoms with E-state index in [2.05, 4.69) is 27.2 Å². The van der Waals surface area contributed by atoms with Crippen molar-refractivity contribution in [1.29, 1.82) is 0 Å². The summed E-state index contributed by atoms with van der Waals surface area (Å²) >= 11 is 6.26. The number of hydrogen-bond donors (Lipinski definition) is 2. The molecule has 0 spiro atoms. The van der Waals surface area contributed by atoms with Gasteiger partial charge < -0.3 is 10.3 Å². The van der Waals surface area contributed by atoms with Gasteiger partial charge >= 0.3 is 0 Å². The summed E-state index contributed by atoms with van der Waals surface area (Å²) in [6.45, 7) is 4.01. The van der Waals surface area contributed by atoms with E-state index in [9.17, 15) is 0 Å². The highest BCUT2D eigenvalue weighted by Gasteiger charge is 2.18. The second-order valence-corrected chi connectivity index (χ2v) is 5.03. The second-order valence-electron chi connectivity index (χ2n) is 4.62. The van der Waals surface area contributed by atoms with E-state index < -0.39 is 0 Å². The van der Waals surface area contributed by atoms with Gasteiger partial charge in [-0.1, -0.05) is 29.8 Å². The predicted molar refractivity (Wildman–Crippen MR) is 82.8 cm³/mol. The molecule has 106 valence electrons. The zero-order valence-electron chi connectivity index (χ0n) is 11.8. The lowest BCUT2D eigenvalue weighted by Gasteiger charge is -2.28. The Morgan fingerprint density at radius 2 is 2.00 bits per heavy atom. The first-order chi connectivity index (χ1) is 9.56. The van der Waals surface area contributed by atoms with Crippen LogP contribution in [0.15, 0.2) is 30.6 Å². The Morgan fingerprint density at radius 3 is 2.65 bits per heavy atom. The van der Waals surface area contributed by atoms with Crippen molar-refractivity contribution in [2.45, 2.75) is 19.9 Å². The molecule has 1 unspecified atom stereocenters. The zero-order valence-corrected chi connectivity index (χ0v) is 12.5. The van der Waals surface area contributed by atoms with Crippen LogP contribution in [0.2, 0.25) is 5.02 Å². The standard InChI is InChI=1S/C14H18ClN5/c1-9-13(19-16)17-8-18-14(9)20(3)10(2)11-6-4-5-7-12(11)15/h4-8,10H,16H2,1-3H3,(H,17,18,19). The highest BCUT2D eigenvalue weighted by atomic mass is 35.5. The number of hydrogen-bond acceptors (Lipinski definition) is 5. The van der Waals surface area contributed by atoms with Crippen molar-refractivity contribution in [3.8, 4) is 0 Å². The number of nitrogens with one attached hydrogen (secondary N) is 1. The molecule has 0 saturated heterocycles. The molecule has 1 aromatic carbocycles. The number of halogens is 1. The number of aromatic nitrogens is 2. The molecule has 2 rings (SSSR count). The van der Waals surface area contributed by atoms with Gasteiger partial charge in [-0.15, -0.1) is 0 Å². The average Bonchev–Trinajstić information content (AvgIpc) is 2.46. The summed E-state index contributed by atoms with van der Waals surface area (Å²) in [6, 6.07) is 7.89. The molecule has 3 N–H and O–H groups in total. The van der Waals surface area contributed by atoms with Crippen molar-refractivity contribution in [2.75, 3.05) is 17.4 Å². The van der Waals surface area contributed by atoms with E-state index in [4.69, 9.17) is 17.4 Å². The van der Waals surface area contributed by atoms with Crippen LogP contribution in [-0.2, 0) is 0 Å². The first kappa shape index (κ1) is 14.6. The Morgan fingerprint density at radius 1 is 1.30 bits per heavy atom. The molecule has 20 heavy (non-hydrogen) atoms. The largest absolute Gasteiger partial charge is 0.352 e. The maximum atomic E-state index is 6.26. The van der Waals surface area contributed by atoms with Gasteiger partial charge in [0.25, 0.3) is 0 Å². The number of nitrogens with two attached hydrogens (primary N) is 1. The summed E-state index contributed by atoms with van der Waals surface area (Å²) in [5.41, 5.74) is 4.53. The van der Waals surface area contributed by atoms with Crippen LogP contribution in [-0.4, -0.2) is 17.0 Å². The summed E-state index contributed by atoms with van der Waals surface area (Å²) in [4.78, 5) is 10.5. The van der Waals surface area contributed by atoms with E-state index in [1.54, 1.807) is 0 Å². The van der Waals surface area contributed by atoms with E-state index >= 15 is 0 Å². The number of anilines is 2.